The summed E-state index contributed by atoms with van der Waals surface area (Å²) < 4.78 is 4.91. The Balaban J connectivity index is 1.00. The van der Waals surface area contributed by atoms with Gasteiger partial charge in [0.05, 0.1) is 28.5 Å². The predicted octanol–water partition coefficient (Wildman–Crippen LogP) is 15.4. The molecule has 2 aliphatic rings. The number of allylic oxidation sites excluding steroid dienone is 4. The number of rotatable bonds is 5. The standard InChI is InChI=1S/C57H43N3/c1-57(2)49-36-40(38-26-30-53-47(34-38)45-22-12-14-24-51(45)58(53)42-16-6-3-7-17-42)28-32-55(49)60(44-20-10-5-11-21-44)56-33-29-41(37-50(56)57)39-27-31-54-48(35-39)46-23-13-15-25-52(46)59(54)43-18-8-4-9-19-43/h3-18,20-37,43H,19H2,1-2H3. The molecule has 10 aromatic rings. The van der Waals surface area contributed by atoms with E-state index in [-0.39, 0.29) is 5.41 Å². The molecule has 2 aromatic heterocycles. The number of aromatic nitrogens is 2. The average molecular weight is 770 g/mol. The van der Waals surface area contributed by atoms with Gasteiger partial charge in [-0.3, -0.25) is 0 Å². The van der Waals surface area contributed by atoms with Gasteiger partial charge in [-0.1, -0.05) is 135 Å². The third-order valence-electron chi connectivity index (χ3n) is 13.2. The quantitative estimate of drug-likeness (QED) is 0.170. The summed E-state index contributed by atoms with van der Waals surface area (Å²) in [6.45, 7) is 4.81. The van der Waals surface area contributed by atoms with Gasteiger partial charge in [-0.25, -0.2) is 0 Å². The second kappa shape index (κ2) is 13.3. The van der Waals surface area contributed by atoms with Gasteiger partial charge in [0.2, 0.25) is 0 Å². The third-order valence-corrected chi connectivity index (χ3v) is 13.2. The van der Waals surface area contributed by atoms with Crippen molar-refractivity contribution in [3.63, 3.8) is 0 Å². The van der Waals surface area contributed by atoms with Crippen molar-refractivity contribution in [1.29, 1.82) is 0 Å². The molecule has 0 fully saturated rings. The van der Waals surface area contributed by atoms with Crippen LogP contribution in [-0.2, 0) is 5.41 Å². The number of para-hydroxylation sites is 4. The minimum atomic E-state index is -0.281. The lowest BCUT2D eigenvalue weighted by Gasteiger charge is -2.42. The zero-order valence-corrected chi connectivity index (χ0v) is 33.8. The molecular formula is C57H43N3. The summed E-state index contributed by atoms with van der Waals surface area (Å²) in [5, 5.41) is 5.12. The molecule has 8 aromatic carbocycles. The van der Waals surface area contributed by atoms with E-state index in [1.165, 1.54) is 94.1 Å². The molecule has 0 amide bonds. The number of nitrogens with zero attached hydrogens (tertiary/aromatic N) is 3. The SMILES string of the molecule is CC1(C)c2cc(-c3ccc4c(c3)c3ccccc3n4-c3ccccc3)ccc2N(c2ccccc2)c2ccc(-c3ccc4c(c3)c3ccccc3n4C3C=CC=CC3)cc21. The molecule has 3 heterocycles. The van der Waals surface area contributed by atoms with E-state index in [0.29, 0.717) is 6.04 Å². The zero-order valence-electron chi connectivity index (χ0n) is 33.8. The number of fused-ring (bicyclic) bond motifs is 8. The minimum Gasteiger partial charge on any atom is -0.333 e. The van der Waals surface area contributed by atoms with Gasteiger partial charge >= 0.3 is 0 Å². The van der Waals surface area contributed by atoms with Crippen LogP contribution in [0.15, 0.2) is 206 Å². The van der Waals surface area contributed by atoms with Crippen molar-refractivity contribution in [3.05, 3.63) is 217 Å². The maximum atomic E-state index is 2.52. The van der Waals surface area contributed by atoms with Crippen molar-refractivity contribution < 1.29 is 0 Å². The fourth-order valence-corrected chi connectivity index (χ4v) is 10.3. The zero-order chi connectivity index (χ0) is 40.0. The second-order valence-corrected chi connectivity index (χ2v) is 16.9. The van der Waals surface area contributed by atoms with Crippen molar-refractivity contribution in [2.75, 3.05) is 4.90 Å². The maximum Gasteiger partial charge on any atom is 0.0560 e. The molecule has 0 saturated heterocycles. The molecule has 1 aliphatic heterocycles. The van der Waals surface area contributed by atoms with E-state index in [4.69, 9.17) is 0 Å². The molecule has 3 nitrogen and oxygen atoms in total. The Bertz CT molecular complexity index is 3380. The largest absolute Gasteiger partial charge is 0.333 e. The molecule has 286 valence electrons. The van der Waals surface area contributed by atoms with E-state index in [1.807, 2.05) is 0 Å². The van der Waals surface area contributed by atoms with Crippen LogP contribution in [0.5, 0.6) is 0 Å². The molecule has 0 saturated carbocycles. The van der Waals surface area contributed by atoms with Gasteiger partial charge in [0, 0.05) is 49.4 Å². The van der Waals surface area contributed by atoms with Crippen LogP contribution in [0.1, 0.15) is 37.4 Å². The second-order valence-electron chi connectivity index (χ2n) is 16.9. The maximum absolute atomic E-state index is 2.52. The lowest BCUT2D eigenvalue weighted by Crippen LogP contribution is -2.30. The van der Waals surface area contributed by atoms with Crippen molar-refractivity contribution in [2.45, 2.75) is 31.7 Å². The van der Waals surface area contributed by atoms with Crippen molar-refractivity contribution in [2.24, 2.45) is 0 Å². The van der Waals surface area contributed by atoms with E-state index >= 15 is 0 Å². The van der Waals surface area contributed by atoms with Crippen molar-refractivity contribution >= 4 is 60.7 Å². The Morgan fingerprint density at radius 3 is 1.55 bits per heavy atom. The summed E-state index contributed by atoms with van der Waals surface area (Å²) in [4.78, 5) is 2.46. The van der Waals surface area contributed by atoms with Gasteiger partial charge in [-0.05, 0) is 125 Å². The minimum absolute atomic E-state index is 0.281. The van der Waals surface area contributed by atoms with Crippen LogP contribution in [0.25, 0.3) is 71.6 Å². The van der Waals surface area contributed by atoms with Crippen LogP contribution >= 0.6 is 0 Å². The van der Waals surface area contributed by atoms with E-state index < -0.39 is 0 Å². The topological polar surface area (TPSA) is 13.1 Å². The van der Waals surface area contributed by atoms with Gasteiger partial charge in [-0.2, -0.15) is 0 Å². The molecular weight excluding hydrogens is 727 g/mol. The number of anilines is 3. The first-order chi connectivity index (χ1) is 29.5. The van der Waals surface area contributed by atoms with Crippen molar-refractivity contribution in [1.82, 2.24) is 9.13 Å². The summed E-state index contributed by atoms with van der Waals surface area (Å²) in [6.07, 6.45) is 9.95. The van der Waals surface area contributed by atoms with Crippen LogP contribution in [0, 0.1) is 0 Å². The molecule has 0 radical (unpaired) electrons. The fourth-order valence-electron chi connectivity index (χ4n) is 10.3. The highest BCUT2D eigenvalue weighted by atomic mass is 15.2. The molecule has 0 N–H and O–H groups in total. The van der Waals surface area contributed by atoms with Crippen LogP contribution in [0.2, 0.25) is 0 Å². The lowest BCUT2D eigenvalue weighted by molar-refractivity contribution is 0.632. The van der Waals surface area contributed by atoms with Crippen LogP contribution in [0.4, 0.5) is 17.1 Å². The predicted molar refractivity (Wildman–Crippen MR) is 253 cm³/mol. The van der Waals surface area contributed by atoms with Crippen LogP contribution in [0.3, 0.4) is 0 Å². The highest BCUT2D eigenvalue weighted by Crippen LogP contribution is 2.54. The number of benzene rings is 8. The number of hydrogen-bond donors (Lipinski definition) is 0. The molecule has 12 rings (SSSR count). The van der Waals surface area contributed by atoms with Gasteiger partial charge in [-0.15, -0.1) is 0 Å². The van der Waals surface area contributed by atoms with E-state index in [2.05, 4.69) is 234 Å². The first kappa shape index (κ1) is 34.7. The third kappa shape index (κ3) is 5.22. The first-order valence-electron chi connectivity index (χ1n) is 21.1. The molecule has 1 unspecified atom stereocenters. The van der Waals surface area contributed by atoms with Gasteiger partial charge in [0.15, 0.2) is 0 Å². The molecule has 0 bridgehead atoms. The normalized spacial score (nSPS) is 15.6. The highest BCUT2D eigenvalue weighted by molar-refractivity contribution is 6.11. The smallest absolute Gasteiger partial charge is 0.0560 e. The van der Waals surface area contributed by atoms with Crippen LogP contribution in [-0.4, -0.2) is 9.13 Å². The summed E-state index contributed by atoms with van der Waals surface area (Å²) in [6, 6.07) is 67.8. The summed E-state index contributed by atoms with van der Waals surface area (Å²) in [7, 11) is 0. The number of hydrogen-bond acceptors (Lipinski definition) is 1. The summed E-state index contributed by atoms with van der Waals surface area (Å²) in [5.74, 6) is 0. The molecule has 1 atom stereocenters. The Hall–Kier alpha value is -7.36. The molecule has 60 heavy (non-hydrogen) atoms. The van der Waals surface area contributed by atoms with Gasteiger partial charge in [0.1, 0.15) is 0 Å². The molecule has 0 spiro atoms. The van der Waals surface area contributed by atoms with E-state index in [9.17, 15) is 0 Å². The van der Waals surface area contributed by atoms with Gasteiger partial charge in [0.25, 0.3) is 0 Å². The molecule has 3 heteroatoms. The Morgan fingerprint density at radius 2 is 0.917 bits per heavy atom. The van der Waals surface area contributed by atoms with E-state index in [0.717, 1.165) is 12.1 Å². The Labute approximate surface area is 350 Å². The first-order valence-corrected chi connectivity index (χ1v) is 21.1. The average Bonchev–Trinajstić information content (AvgIpc) is 3.82. The summed E-state index contributed by atoms with van der Waals surface area (Å²) in [5.41, 5.74) is 17.0. The van der Waals surface area contributed by atoms with Crippen LogP contribution < -0.4 is 4.90 Å². The lowest BCUT2D eigenvalue weighted by atomic mass is 9.72. The van der Waals surface area contributed by atoms with Gasteiger partial charge < -0.3 is 14.0 Å². The Morgan fingerprint density at radius 1 is 0.433 bits per heavy atom. The monoisotopic (exact) mass is 769 g/mol. The van der Waals surface area contributed by atoms with E-state index in [1.54, 1.807) is 0 Å². The summed E-state index contributed by atoms with van der Waals surface area (Å²) >= 11 is 0. The Kier molecular flexibility index (Phi) is 7.71. The fraction of sp³-hybridized carbons (Fsp3) is 0.0877. The van der Waals surface area contributed by atoms with Crippen molar-refractivity contribution in [3.8, 4) is 27.9 Å². The highest BCUT2D eigenvalue weighted by Gasteiger charge is 2.37. The molecule has 1 aliphatic carbocycles.